The number of fused-ring (bicyclic) bond motifs is 1. The number of pyridine rings is 1. The molecule has 0 bridgehead atoms. The second-order valence-electron chi connectivity index (χ2n) is 3.23. The van der Waals surface area contributed by atoms with Crippen molar-refractivity contribution in [3.63, 3.8) is 0 Å². The molecule has 2 aromatic rings. The predicted molar refractivity (Wildman–Crippen MR) is 52.6 cm³/mol. The summed E-state index contributed by atoms with van der Waals surface area (Å²) in [6.07, 6.45) is 2.02. The van der Waals surface area contributed by atoms with E-state index in [-0.39, 0.29) is 0 Å². The van der Waals surface area contributed by atoms with Gasteiger partial charge < -0.3 is 10.1 Å². The number of imidazole rings is 1. The third-order valence-electron chi connectivity index (χ3n) is 2.38. The fourth-order valence-corrected chi connectivity index (χ4v) is 1.56. The first-order valence-electron chi connectivity index (χ1n) is 4.37. The van der Waals surface area contributed by atoms with E-state index < -0.39 is 0 Å². The lowest BCUT2D eigenvalue weighted by Crippen LogP contribution is -1.98. The van der Waals surface area contributed by atoms with E-state index in [1.54, 1.807) is 0 Å². The highest BCUT2D eigenvalue weighted by Crippen LogP contribution is 2.14. The van der Waals surface area contributed by atoms with Crippen LogP contribution in [0.3, 0.4) is 0 Å². The summed E-state index contributed by atoms with van der Waals surface area (Å²) in [5.74, 6) is 0. The van der Waals surface area contributed by atoms with E-state index in [2.05, 4.69) is 22.4 Å². The lowest BCUT2D eigenvalue weighted by Gasteiger charge is -1.97. The monoisotopic (exact) mass is 175 g/mol. The Bertz CT molecular complexity index is 443. The van der Waals surface area contributed by atoms with Crippen LogP contribution >= 0.6 is 0 Å². The SMILES string of the molecule is Cc1cccn2c(C)c(CN)nc12. The summed E-state index contributed by atoms with van der Waals surface area (Å²) in [5, 5.41) is 0. The quantitative estimate of drug-likeness (QED) is 0.712. The van der Waals surface area contributed by atoms with E-state index in [9.17, 15) is 0 Å². The van der Waals surface area contributed by atoms with Gasteiger partial charge in [0.25, 0.3) is 0 Å². The van der Waals surface area contributed by atoms with Gasteiger partial charge in [-0.15, -0.1) is 0 Å². The maximum Gasteiger partial charge on any atom is 0.140 e. The van der Waals surface area contributed by atoms with Gasteiger partial charge in [-0.05, 0) is 25.5 Å². The Hall–Kier alpha value is -1.35. The van der Waals surface area contributed by atoms with E-state index in [4.69, 9.17) is 5.73 Å². The molecule has 0 saturated carbocycles. The van der Waals surface area contributed by atoms with Crippen LogP contribution in [0.2, 0.25) is 0 Å². The number of nitrogens with two attached hydrogens (primary N) is 1. The minimum Gasteiger partial charge on any atom is -0.325 e. The molecule has 0 radical (unpaired) electrons. The molecule has 0 atom stereocenters. The smallest absolute Gasteiger partial charge is 0.140 e. The minimum atomic E-state index is 0.507. The number of hydrogen-bond acceptors (Lipinski definition) is 2. The molecular formula is C10H13N3. The van der Waals surface area contributed by atoms with E-state index in [1.165, 1.54) is 5.56 Å². The standard InChI is InChI=1S/C10H13N3/c1-7-4-3-5-13-8(2)9(6-11)12-10(7)13/h3-5H,6,11H2,1-2H3. The van der Waals surface area contributed by atoms with E-state index in [1.807, 2.05) is 19.2 Å². The van der Waals surface area contributed by atoms with Crippen LogP contribution < -0.4 is 5.73 Å². The molecule has 13 heavy (non-hydrogen) atoms. The van der Waals surface area contributed by atoms with Gasteiger partial charge >= 0.3 is 0 Å². The Kier molecular flexibility index (Phi) is 1.81. The van der Waals surface area contributed by atoms with Crippen molar-refractivity contribution in [2.75, 3.05) is 0 Å². The largest absolute Gasteiger partial charge is 0.325 e. The first-order chi connectivity index (χ1) is 6.24. The second-order valence-corrected chi connectivity index (χ2v) is 3.23. The maximum absolute atomic E-state index is 5.59. The fourth-order valence-electron chi connectivity index (χ4n) is 1.56. The third kappa shape index (κ3) is 1.12. The summed E-state index contributed by atoms with van der Waals surface area (Å²) in [6.45, 7) is 4.61. The van der Waals surface area contributed by atoms with Crippen molar-refractivity contribution in [3.8, 4) is 0 Å². The molecule has 0 amide bonds. The normalized spacial score (nSPS) is 11.0. The van der Waals surface area contributed by atoms with Gasteiger partial charge in [-0.2, -0.15) is 0 Å². The van der Waals surface area contributed by atoms with Crippen LogP contribution in [0.15, 0.2) is 18.3 Å². The zero-order chi connectivity index (χ0) is 9.42. The van der Waals surface area contributed by atoms with E-state index in [0.717, 1.165) is 17.0 Å². The molecule has 0 aliphatic heterocycles. The number of aryl methyl sites for hydroxylation is 2. The molecule has 3 nitrogen and oxygen atoms in total. The lowest BCUT2D eigenvalue weighted by atomic mass is 10.3. The second kappa shape index (κ2) is 2.85. The van der Waals surface area contributed by atoms with Gasteiger partial charge in [-0.3, -0.25) is 0 Å². The first kappa shape index (κ1) is 8.26. The van der Waals surface area contributed by atoms with Crippen LogP contribution in [-0.4, -0.2) is 9.38 Å². The summed E-state index contributed by atoms with van der Waals surface area (Å²) in [4.78, 5) is 4.47. The van der Waals surface area contributed by atoms with Crippen molar-refractivity contribution in [2.45, 2.75) is 20.4 Å². The van der Waals surface area contributed by atoms with Crippen LogP contribution in [0.25, 0.3) is 5.65 Å². The third-order valence-corrected chi connectivity index (χ3v) is 2.38. The molecular weight excluding hydrogens is 162 g/mol. The highest BCUT2D eigenvalue weighted by atomic mass is 15.0. The molecule has 0 saturated heterocycles. The van der Waals surface area contributed by atoms with Gasteiger partial charge in [-0.1, -0.05) is 6.07 Å². The van der Waals surface area contributed by atoms with Gasteiger partial charge in [0.2, 0.25) is 0 Å². The highest BCUT2D eigenvalue weighted by Gasteiger charge is 2.06. The topological polar surface area (TPSA) is 43.3 Å². The number of hydrogen-bond donors (Lipinski definition) is 1. The van der Waals surface area contributed by atoms with Crippen molar-refractivity contribution < 1.29 is 0 Å². The zero-order valence-corrected chi connectivity index (χ0v) is 7.91. The van der Waals surface area contributed by atoms with Crippen LogP contribution in [0.4, 0.5) is 0 Å². The summed E-state index contributed by atoms with van der Waals surface area (Å²) in [6, 6.07) is 4.08. The molecule has 0 aliphatic carbocycles. The Balaban J connectivity index is 2.83. The molecule has 0 fully saturated rings. The van der Waals surface area contributed by atoms with Gasteiger partial charge in [0, 0.05) is 18.4 Å². The molecule has 2 rings (SSSR count). The van der Waals surface area contributed by atoms with Crippen LogP contribution in [0.5, 0.6) is 0 Å². The Labute approximate surface area is 77.2 Å². The molecule has 0 aromatic carbocycles. The number of aromatic nitrogens is 2. The van der Waals surface area contributed by atoms with Crippen LogP contribution in [-0.2, 0) is 6.54 Å². The first-order valence-corrected chi connectivity index (χ1v) is 4.37. The van der Waals surface area contributed by atoms with Crippen LogP contribution in [0, 0.1) is 13.8 Å². The summed E-state index contributed by atoms with van der Waals surface area (Å²) in [5.41, 5.74) is 9.91. The highest BCUT2D eigenvalue weighted by molar-refractivity contribution is 5.50. The summed E-state index contributed by atoms with van der Waals surface area (Å²) in [7, 11) is 0. The molecule has 68 valence electrons. The van der Waals surface area contributed by atoms with Crippen molar-refractivity contribution in [1.82, 2.24) is 9.38 Å². The lowest BCUT2D eigenvalue weighted by molar-refractivity contribution is 0.982. The number of rotatable bonds is 1. The van der Waals surface area contributed by atoms with Crippen LogP contribution in [0.1, 0.15) is 17.0 Å². The summed E-state index contributed by atoms with van der Waals surface area (Å²) < 4.78 is 2.08. The molecule has 0 aliphatic rings. The average molecular weight is 175 g/mol. The van der Waals surface area contributed by atoms with Gasteiger partial charge in [-0.25, -0.2) is 4.98 Å². The molecule has 2 heterocycles. The van der Waals surface area contributed by atoms with Gasteiger partial charge in [0.15, 0.2) is 0 Å². The predicted octanol–water partition coefficient (Wildman–Crippen LogP) is 1.41. The fraction of sp³-hybridized carbons (Fsp3) is 0.300. The maximum atomic E-state index is 5.59. The number of nitrogens with zero attached hydrogens (tertiary/aromatic N) is 2. The zero-order valence-electron chi connectivity index (χ0n) is 7.91. The molecule has 2 aromatic heterocycles. The Morgan fingerprint density at radius 2 is 2.23 bits per heavy atom. The van der Waals surface area contributed by atoms with Crippen molar-refractivity contribution in [3.05, 3.63) is 35.3 Å². The molecule has 2 N–H and O–H groups in total. The Morgan fingerprint density at radius 1 is 1.46 bits per heavy atom. The summed E-state index contributed by atoms with van der Waals surface area (Å²) >= 11 is 0. The van der Waals surface area contributed by atoms with E-state index >= 15 is 0 Å². The van der Waals surface area contributed by atoms with Crippen molar-refractivity contribution >= 4 is 5.65 Å². The van der Waals surface area contributed by atoms with Crippen molar-refractivity contribution in [1.29, 1.82) is 0 Å². The van der Waals surface area contributed by atoms with Crippen molar-refractivity contribution in [2.24, 2.45) is 5.73 Å². The Morgan fingerprint density at radius 3 is 2.85 bits per heavy atom. The minimum absolute atomic E-state index is 0.507. The molecule has 0 spiro atoms. The molecule has 0 unspecified atom stereocenters. The van der Waals surface area contributed by atoms with E-state index in [0.29, 0.717) is 6.54 Å². The van der Waals surface area contributed by atoms with Gasteiger partial charge in [0.1, 0.15) is 5.65 Å². The average Bonchev–Trinajstić information content (AvgIpc) is 2.45. The molecule has 3 heteroatoms. The van der Waals surface area contributed by atoms with Gasteiger partial charge in [0.05, 0.1) is 5.69 Å².